The predicted molar refractivity (Wildman–Crippen MR) is 43.6 cm³/mol. The minimum absolute atomic E-state index is 0.0258. The molecular formula is C7H4ClF3N2O. The van der Waals surface area contributed by atoms with Gasteiger partial charge in [-0.05, 0) is 6.07 Å². The Morgan fingerprint density at radius 3 is 2.57 bits per heavy atom. The molecule has 0 aliphatic rings. The molecule has 3 nitrogen and oxygen atoms in total. The third-order valence-electron chi connectivity index (χ3n) is 1.38. The summed E-state index contributed by atoms with van der Waals surface area (Å²) in [7, 11) is 0. The van der Waals surface area contributed by atoms with Crippen LogP contribution in [0.1, 0.15) is 11.3 Å². The fraction of sp³-hybridized carbons (Fsp3) is 0.143. The van der Waals surface area contributed by atoms with Crippen LogP contribution in [0.4, 0.5) is 13.2 Å². The molecule has 76 valence electrons. The van der Waals surface area contributed by atoms with Crippen LogP contribution in [0.25, 0.3) is 0 Å². The zero-order valence-electron chi connectivity index (χ0n) is 6.59. The second-order valence-corrected chi connectivity index (χ2v) is 2.74. The Labute approximate surface area is 81.8 Å². The molecule has 14 heavy (non-hydrogen) atoms. The highest BCUT2D eigenvalue weighted by molar-refractivity contribution is 6.32. The lowest BCUT2D eigenvalue weighted by atomic mass is 10.2. The molecule has 0 amide bonds. The minimum Gasteiger partial charge on any atom is -0.411 e. The lowest BCUT2D eigenvalue weighted by Gasteiger charge is -2.06. The zero-order valence-corrected chi connectivity index (χ0v) is 7.34. The van der Waals surface area contributed by atoms with Gasteiger partial charge in [-0.25, -0.2) is 0 Å². The van der Waals surface area contributed by atoms with Gasteiger partial charge in [0, 0.05) is 6.20 Å². The lowest BCUT2D eigenvalue weighted by Crippen LogP contribution is -2.06. The average molecular weight is 225 g/mol. The fourth-order valence-corrected chi connectivity index (χ4v) is 0.968. The second-order valence-electron chi connectivity index (χ2n) is 2.33. The Morgan fingerprint density at radius 1 is 1.50 bits per heavy atom. The first kappa shape index (κ1) is 10.8. The number of alkyl halides is 3. The van der Waals surface area contributed by atoms with Gasteiger partial charge in [0.1, 0.15) is 5.69 Å². The van der Waals surface area contributed by atoms with Crippen LogP contribution < -0.4 is 0 Å². The quantitative estimate of drug-likeness (QED) is 0.453. The van der Waals surface area contributed by atoms with E-state index >= 15 is 0 Å². The Morgan fingerprint density at radius 2 is 2.14 bits per heavy atom. The maximum atomic E-state index is 12.1. The first-order chi connectivity index (χ1) is 6.45. The molecule has 0 spiro atoms. The van der Waals surface area contributed by atoms with Crippen LogP contribution in [0.3, 0.4) is 0 Å². The van der Waals surface area contributed by atoms with Crippen molar-refractivity contribution < 1.29 is 18.4 Å². The van der Waals surface area contributed by atoms with Gasteiger partial charge in [-0.2, -0.15) is 13.2 Å². The molecule has 1 rings (SSSR count). The summed E-state index contributed by atoms with van der Waals surface area (Å²) in [6.07, 6.45) is -3.02. The molecule has 1 N–H and O–H groups in total. The van der Waals surface area contributed by atoms with Gasteiger partial charge in [-0.3, -0.25) is 4.98 Å². The van der Waals surface area contributed by atoms with E-state index in [9.17, 15) is 13.2 Å². The average Bonchev–Trinajstić information content (AvgIpc) is 2.07. The van der Waals surface area contributed by atoms with Crippen molar-refractivity contribution in [2.24, 2.45) is 5.16 Å². The minimum atomic E-state index is -4.48. The number of aromatic nitrogens is 1. The summed E-state index contributed by atoms with van der Waals surface area (Å²) in [6.45, 7) is 0. The lowest BCUT2D eigenvalue weighted by molar-refractivity contribution is -0.137. The second kappa shape index (κ2) is 3.83. The van der Waals surface area contributed by atoms with Crippen molar-refractivity contribution in [3.05, 3.63) is 28.5 Å². The van der Waals surface area contributed by atoms with Gasteiger partial charge in [0.05, 0.1) is 16.8 Å². The van der Waals surface area contributed by atoms with E-state index in [2.05, 4.69) is 10.1 Å². The van der Waals surface area contributed by atoms with Crippen molar-refractivity contribution in [3.8, 4) is 0 Å². The Bertz CT molecular complexity index is 364. The van der Waals surface area contributed by atoms with E-state index in [0.717, 1.165) is 6.21 Å². The maximum Gasteiger partial charge on any atom is 0.417 e. The summed E-state index contributed by atoms with van der Waals surface area (Å²) in [5.41, 5.74) is -0.972. The van der Waals surface area contributed by atoms with E-state index in [1.807, 2.05) is 0 Å². The van der Waals surface area contributed by atoms with E-state index in [0.29, 0.717) is 12.3 Å². The highest BCUT2D eigenvalue weighted by atomic mass is 35.5. The van der Waals surface area contributed by atoms with Gasteiger partial charge >= 0.3 is 6.18 Å². The van der Waals surface area contributed by atoms with Gasteiger partial charge in [0.15, 0.2) is 0 Å². The van der Waals surface area contributed by atoms with Crippen LogP contribution in [-0.4, -0.2) is 16.4 Å². The van der Waals surface area contributed by atoms with Crippen LogP contribution in [-0.2, 0) is 6.18 Å². The fourth-order valence-electron chi connectivity index (χ4n) is 0.753. The summed E-state index contributed by atoms with van der Waals surface area (Å²) >= 11 is 5.45. The molecule has 0 unspecified atom stereocenters. The van der Waals surface area contributed by atoms with E-state index in [4.69, 9.17) is 16.8 Å². The number of oxime groups is 1. The van der Waals surface area contributed by atoms with Gasteiger partial charge in [-0.1, -0.05) is 16.8 Å². The predicted octanol–water partition coefficient (Wildman–Crippen LogP) is 2.56. The molecule has 7 heteroatoms. The van der Waals surface area contributed by atoms with Crippen LogP contribution in [0.15, 0.2) is 17.4 Å². The van der Waals surface area contributed by atoms with E-state index < -0.39 is 11.7 Å². The number of nitrogens with zero attached hydrogens (tertiary/aromatic N) is 2. The van der Waals surface area contributed by atoms with E-state index in [1.54, 1.807) is 0 Å². The van der Waals surface area contributed by atoms with Crippen LogP contribution in [0.5, 0.6) is 0 Å². The third kappa shape index (κ3) is 2.35. The largest absolute Gasteiger partial charge is 0.417 e. The highest BCUT2D eigenvalue weighted by Gasteiger charge is 2.31. The summed E-state index contributed by atoms with van der Waals surface area (Å²) in [6, 6.07) is 0.714. The molecule has 1 aromatic heterocycles. The number of rotatable bonds is 1. The topological polar surface area (TPSA) is 45.5 Å². The summed E-state index contributed by atoms with van der Waals surface area (Å²) < 4.78 is 36.3. The molecule has 0 fully saturated rings. The highest BCUT2D eigenvalue weighted by Crippen LogP contribution is 2.30. The molecule has 0 radical (unpaired) electrons. The Kier molecular flexibility index (Phi) is 2.95. The van der Waals surface area contributed by atoms with Gasteiger partial charge < -0.3 is 5.21 Å². The first-order valence-corrected chi connectivity index (χ1v) is 3.73. The van der Waals surface area contributed by atoms with Gasteiger partial charge in [0.2, 0.25) is 0 Å². The van der Waals surface area contributed by atoms with Crippen molar-refractivity contribution in [1.82, 2.24) is 4.98 Å². The van der Waals surface area contributed by atoms with Crippen LogP contribution in [0.2, 0.25) is 5.02 Å². The Hall–Kier alpha value is -1.30. The molecule has 1 heterocycles. The standard InChI is InChI=1S/C7H4ClF3N2O/c8-5-1-4(7(9,10)11)2-12-6(5)3-13-14/h1-3,14H. The van der Waals surface area contributed by atoms with Crippen molar-refractivity contribution in [3.63, 3.8) is 0 Å². The normalized spacial score (nSPS) is 12.3. The van der Waals surface area contributed by atoms with Crippen LogP contribution >= 0.6 is 11.6 Å². The molecule has 0 aliphatic carbocycles. The molecule has 0 saturated heterocycles. The van der Waals surface area contributed by atoms with Crippen molar-refractivity contribution >= 4 is 17.8 Å². The summed E-state index contributed by atoms with van der Waals surface area (Å²) in [5, 5.41) is 10.5. The number of pyridine rings is 1. The number of hydrogen-bond acceptors (Lipinski definition) is 3. The monoisotopic (exact) mass is 224 g/mol. The van der Waals surface area contributed by atoms with Gasteiger partial charge in [-0.15, -0.1) is 0 Å². The SMILES string of the molecule is ON=Cc1ncc(C(F)(F)F)cc1Cl. The van der Waals surface area contributed by atoms with Crippen molar-refractivity contribution in [2.45, 2.75) is 6.18 Å². The molecule has 0 atom stereocenters. The van der Waals surface area contributed by atoms with Crippen molar-refractivity contribution in [2.75, 3.05) is 0 Å². The van der Waals surface area contributed by atoms with Crippen LogP contribution in [0, 0.1) is 0 Å². The first-order valence-electron chi connectivity index (χ1n) is 3.35. The molecule has 0 aromatic carbocycles. The zero-order chi connectivity index (χ0) is 10.8. The van der Waals surface area contributed by atoms with E-state index in [-0.39, 0.29) is 10.7 Å². The number of halogens is 4. The maximum absolute atomic E-state index is 12.1. The smallest absolute Gasteiger partial charge is 0.411 e. The van der Waals surface area contributed by atoms with E-state index in [1.165, 1.54) is 0 Å². The molecule has 0 bridgehead atoms. The Balaban J connectivity index is 3.13. The van der Waals surface area contributed by atoms with Crippen molar-refractivity contribution in [1.29, 1.82) is 0 Å². The molecule has 0 aliphatic heterocycles. The molecule has 1 aromatic rings. The number of hydrogen-bond donors (Lipinski definition) is 1. The third-order valence-corrected chi connectivity index (χ3v) is 1.68. The summed E-state index contributed by atoms with van der Waals surface area (Å²) in [4.78, 5) is 3.37. The molecular weight excluding hydrogens is 221 g/mol. The van der Waals surface area contributed by atoms with Gasteiger partial charge in [0.25, 0.3) is 0 Å². The molecule has 0 saturated carbocycles. The summed E-state index contributed by atoms with van der Waals surface area (Å²) in [5.74, 6) is 0.